The van der Waals surface area contributed by atoms with Gasteiger partial charge in [0.15, 0.2) is 11.5 Å². The highest BCUT2D eigenvalue weighted by atomic mass is 35.5. The number of carbonyl (C=O) groups excluding carboxylic acids is 2. The molecular formula is C24H28ClN3O4. The molecule has 1 unspecified atom stereocenters. The minimum absolute atomic E-state index is 0.178. The van der Waals surface area contributed by atoms with Gasteiger partial charge in [-0.25, -0.2) is 5.43 Å². The molecule has 0 aliphatic carbocycles. The number of amides is 2. The Balaban J connectivity index is 2.11. The summed E-state index contributed by atoms with van der Waals surface area (Å²) in [6.45, 7) is 7.87. The van der Waals surface area contributed by atoms with Crippen LogP contribution < -0.4 is 20.2 Å². The van der Waals surface area contributed by atoms with Crippen LogP contribution in [0, 0.1) is 5.92 Å². The van der Waals surface area contributed by atoms with E-state index < -0.39 is 11.9 Å². The van der Waals surface area contributed by atoms with Gasteiger partial charge in [-0.2, -0.15) is 5.10 Å². The van der Waals surface area contributed by atoms with Gasteiger partial charge >= 0.3 is 0 Å². The van der Waals surface area contributed by atoms with E-state index in [-0.39, 0.29) is 11.8 Å². The predicted octanol–water partition coefficient (Wildman–Crippen LogP) is 4.21. The van der Waals surface area contributed by atoms with Crippen molar-refractivity contribution in [3.8, 4) is 11.5 Å². The maximum absolute atomic E-state index is 12.7. The molecule has 0 aliphatic rings. The number of rotatable bonds is 11. The molecule has 170 valence electrons. The molecule has 2 aromatic carbocycles. The van der Waals surface area contributed by atoms with E-state index in [0.29, 0.717) is 40.7 Å². The van der Waals surface area contributed by atoms with E-state index in [4.69, 9.17) is 21.1 Å². The lowest BCUT2D eigenvalue weighted by molar-refractivity contribution is -0.123. The summed E-state index contributed by atoms with van der Waals surface area (Å²) in [5, 5.41) is 7.35. The number of nitrogens with one attached hydrogen (secondary N) is 2. The van der Waals surface area contributed by atoms with E-state index in [9.17, 15) is 9.59 Å². The first-order valence-corrected chi connectivity index (χ1v) is 10.5. The van der Waals surface area contributed by atoms with E-state index in [1.807, 2.05) is 13.8 Å². The average Bonchev–Trinajstić information content (AvgIpc) is 2.77. The van der Waals surface area contributed by atoms with E-state index in [0.717, 1.165) is 0 Å². The number of hydrogen-bond acceptors (Lipinski definition) is 5. The summed E-state index contributed by atoms with van der Waals surface area (Å²) in [6, 6.07) is 11.0. The summed E-state index contributed by atoms with van der Waals surface area (Å²) in [5.74, 6) is 0.420. The Bertz CT molecular complexity index is 958. The first-order valence-electron chi connectivity index (χ1n) is 10.2. The van der Waals surface area contributed by atoms with Gasteiger partial charge in [-0.3, -0.25) is 9.59 Å². The zero-order valence-corrected chi connectivity index (χ0v) is 19.2. The molecule has 0 fully saturated rings. The topological polar surface area (TPSA) is 89.0 Å². The van der Waals surface area contributed by atoms with Gasteiger partial charge in [0.1, 0.15) is 12.6 Å². The number of benzene rings is 2. The van der Waals surface area contributed by atoms with E-state index in [2.05, 4.69) is 22.4 Å². The highest BCUT2D eigenvalue weighted by Crippen LogP contribution is 2.30. The number of methoxy groups -OCH3 is 1. The van der Waals surface area contributed by atoms with E-state index >= 15 is 0 Å². The van der Waals surface area contributed by atoms with Gasteiger partial charge in [-0.1, -0.05) is 44.2 Å². The lowest BCUT2D eigenvalue weighted by Gasteiger charge is -2.19. The summed E-state index contributed by atoms with van der Waals surface area (Å²) in [5.41, 5.74) is 3.54. The van der Waals surface area contributed by atoms with Gasteiger partial charge in [0.25, 0.3) is 11.8 Å². The third-order valence-corrected chi connectivity index (χ3v) is 4.64. The number of para-hydroxylation sites is 1. The summed E-state index contributed by atoms with van der Waals surface area (Å²) >= 11 is 5.87. The van der Waals surface area contributed by atoms with Crippen molar-refractivity contribution in [1.82, 2.24) is 10.7 Å². The molecule has 0 saturated carbocycles. The maximum atomic E-state index is 12.7. The third-order valence-electron chi connectivity index (χ3n) is 4.39. The molecule has 2 rings (SSSR count). The van der Waals surface area contributed by atoms with Crippen molar-refractivity contribution in [1.29, 1.82) is 0 Å². The second-order valence-electron chi connectivity index (χ2n) is 7.38. The monoisotopic (exact) mass is 457 g/mol. The van der Waals surface area contributed by atoms with Gasteiger partial charge in [0.2, 0.25) is 0 Å². The zero-order chi connectivity index (χ0) is 23.5. The summed E-state index contributed by atoms with van der Waals surface area (Å²) in [6.07, 6.45) is 3.54. The van der Waals surface area contributed by atoms with Crippen LogP contribution >= 0.6 is 11.6 Å². The van der Waals surface area contributed by atoms with Crippen molar-refractivity contribution in [3.05, 3.63) is 71.3 Å². The smallest absolute Gasteiger partial charge is 0.262 e. The molecule has 0 aromatic heterocycles. The Morgan fingerprint density at radius 1 is 1.19 bits per heavy atom. The molecule has 32 heavy (non-hydrogen) atoms. The largest absolute Gasteiger partial charge is 0.493 e. The summed E-state index contributed by atoms with van der Waals surface area (Å²) in [7, 11) is 1.54. The van der Waals surface area contributed by atoms with Crippen LogP contribution in [0.15, 0.2) is 60.2 Å². The fourth-order valence-electron chi connectivity index (χ4n) is 2.88. The molecule has 8 heteroatoms. The molecule has 0 radical (unpaired) electrons. The Hall–Kier alpha value is -3.32. The lowest BCUT2D eigenvalue weighted by Crippen LogP contribution is -2.46. The highest BCUT2D eigenvalue weighted by Gasteiger charge is 2.22. The Kier molecular flexibility index (Phi) is 9.76. The average molecular weight is 458 g/mol. The first kappa shape index (κ1) is 24.9. The van der Waals surface area contributed by atoms with Gasteiger partial charge in [-0.15, -0.1) is 0 Å². The van der Waals surface area contributed by atoms with Crippen molar-refractivity contribution in [2.75, 3.05) is 13.7 Å². The van der Waals surface area contributed by atoms with Crippen LogP contribution in [0.3, 0.4) is 0 Å². The number of hydrazone groups is 1. The van der Waals surface area contributed by atoms with Gasteiger partial charge in [0, 0.05) is 16.1 Å². The van der Waals surface area contributed by atoms with Crippen molar-refractivity contribution >= 4 is 29.6 Å². The van der Waals surface area contributed by atoms with Crippen molar-refractivity contribution in [2.24, 2.45) is 11.0 Å². The van der Waals surface area contributed by atoms with Crippen LogP contribution in [0.5, 0.6) is 11.5 Å². The minimum atomic E-state index is -0.753. The quantitative estimate of drug-likeness (QED) is 0.300. The molecule has 2 aromatic rings. The summed E-state index contributed by atoms with van der Waals surface area (Å²) in [4.78, 5) is 25.3. The Morgan fingerprint density at radius 2 is 1.91 bits per heavy atom. The number of nitrogens with zero attached hydrogens (tertiary/aromatic N) is 1. The van der Waals surface area contributed by atoms with Crippen molar-refractivity contribution in [2.45, 2.75) is 26.3 Å². The molecule has 0 spiro atoms. The first-order chi connectivity index (χ1) is 15.3. The lowest BCUT2D eigenvalue weighted by atomic mass is 10.0. The third kappa shape index (κ3) is 7.42. The molecule has 0 bridgehead atoms. The second-order valence-corrected chi connectivity index (χ2v) is 7.81. The number of halogens is 1. The zero-order valence-electron chi connectivity index (χ0n) is 18.4. The second kappa shape index (κ2) is 12.5. The predicted molar refractivity (Wildman–Crippen MR) is 127 cm³/mol. The van der Waals surface area contributed by atoms with Crippen LogP contribution in [0.25, 0.3) is 0 Å². The fraction of sp³-hybridized carbons (Fsp3) is 0.292. The Labute approximate surface area is 193 Å². The molecule has 2 amide bonds. The van der Waals surface area contributed by atoms with Crippen molar-refractivity contribution in [3.63, 3.8) is 0 Å². The molecule has 1 atom stereocenters. The normalized spacial score (nSPS) is 11.8. The standard InChI is InChI=1S/C24H28ClN3O4/c1-5-13-32-22-18(7-6-8-21(22)31-4)15-26-28-24(30)20(14-16(2)3)27-23(29)17-9-11-19(25)12-10-17/h5-12,15-16,20H,1,13-14H2,2-4H3,(H,27,29)(H,28,30)/b26-15+. The minimum Gasteiger partial charge on any atom is -0.493 e. The number of ether oxygens (including phenoxy) is 2. The van der Waals surface area contributed by atoms with Crippen LogP contribution in [0.4, 0.5) is 0 Å². The number of carbonyl (C=O) groups is 2. The van der Waals surface area contributed by atoms with Crippen LogP contribution in [-0.4, -0.2) is 37.8 Å². The molecule has 0 heterocycles. The van der Waals surface area contributed by atoms with Crippen LogP contribution in [0.2, 0.25) is 5.02 Å². The highest BCUT2D eigenvalue weighted by molar-refractivity contribution is 6.30. The van der Waals surface area contributed by atoms with Gasteiger partial charge in [-0.05, 0) is 48.7 Å². The molecule has 0 saturated heterocycles. The Morgan fingerprint density at radius 3 is 2.53 bits per heavy atom. The molecule has 2 N–H and O–H groups in total. The van der Waals surface area contributed by atoms with Crippen molar-refractivity contribution < 1.29 is 19.1 Å². The van der Waals surface area contributed by atoms with Crippen LogP contribution in [-0.2, 0) is 4.79 Å². The maximum Gasteiger partial charge on any atom is 0.262 e. The number of hydrogen-bond donors (Lipinski definition) is 2. The fourth-order valence-corrected chi connectivity index (χ4v) is 3.01. The SMILES string of the molecule is C=CCOc1c(/C=N/NC(=O)C(CC(C)C)NC(=O)c2ccc(Cl)cc2)cccc1OC. The molecular weight excluding hydrogens is 430 g/mol. The molecule has 7 nitrogen and oxygen atoms in total. The van der Waals surface area contributed by atoms with E-state index in [1.54, 1.807) is 55.7 Å². The summed E-state index contributed by atoms with van der Waals surface area (Å²) < 4.78 is 11.0. The van der Waals surface area contributed by atoms with E-state index in [1.165, 1.54) is 6.21 Å². The molecule has 0 aliphatic heterocycles. The van der Waals surface area contributed by atoms with Gasteiger partial charge < -0.3 is 14.8 Å². The van der Waals surface area contributed by atoms with Gasteiger partial charge in [0.05, 0.1) is 13.3 Å². The van der Waals surface area contributed by atoms with Crippen LogP contribution in [0.1, 0.15) is 36.2 Å².